The van der Waals surface area contributed by atoms with Gasteiger partial charge in [-0.05, 0) is 43.7 Å². The maximum Gasteiger partial charge on any atom is 0.242 e. The molecule has 3 aromatic rings. The van der Waals surface area contributed by atoms with E-state index in [4.69, 9.17) is 16.0 Å². The molecule has 0 radical (unpaired) electrons. The van der Waals surface area contributed by atoms with Crippen LogP contribution in [0.2, 0.25) is 5.02 Å². The van der Waals surface area contributed by atoms with Crippen molar-refractivity contribution in [3.8, 4) is 0 Å². The molecule has 2 heterocycles. The molecule has 114 valence electrons. The van der Waals surface area contributed by atoms with E-state index in [9.17, 15) is 4.79 Å². The van der Waals surface area contributed by atoms with Gasteiger partial charge in [-0.2, -0.15) is 5.10 Å². The zero-order valence-electron chi connectivity index (χ0n) is 12.3. The number of nitrogens with zero attached hydrogens (tertiary/aromatic N) is 2. The number of hydrogen-bond acceptors (Lipinski definition) is 3. The fraction of sp³-hybridized carbons (Fsp3) is 0.250. The molecule has 5 nitrogen and oxygen atoms in total. The van der Waals surface area contributed by atoms with Crippen LogP contribution >= 0.6 is 11.6 Å². The van der Waals surface area contributed by atoms with Gasteiger partial charge in [0.2, 0.25) is 5.91 Å². The van der Waals surface area contributed by atoms with Crippen molar-refractivity contribution in [3.63, 3.8) is 0 Å². The number of hydrogen-bond donors (Lipinski definition) is 1. The van der Waals surface area contributed by atoms with Crippen molar-refractivity contribution in [1.29, 1.82) is 0 Å². The van der Waals surface area contributed by atoms with Gasteiger partial charge in [0.05, 0.1) is 12.2 Å². The minimum Gasteiger partial charge on any atom is -0.459 e. The van der Waals surface area contributed by atoms with Gasteiger partial charge in [-0.1, -0.05) is 11.6 Å². The molecule has 6 heteroatoms. The van der Waals surface area contributed by atoms with Crippen LogP contribution in [-0.2, 0) is 11.3 Å². The van der Waals surface area contributed by atoms with Crippen LogP contribution in [0, 0.1) is 6.92 Å². The topological polar surface area (TPSA) is 60.1 Å². The molecular formula is C16H16ClN3O2. The minimum absolute atomic E-state index is 0.117. The Morgan fingerprint density at radius 1 is 1.45 bits per heavy atom. The van der Waals surface area contributed by atoms with Crippen LogP contribution in [0.3, 0.4) is 0 Å². The minimum atomic E-state index is -0.227. The van der Waals surface area contributed by atoms with E-state index < -0.39 is 0 Å². The Hall–Kier alpha value is -2.27. The van der Waals surface area contributed by atoms with Crippen molar-refractivity contribution in [2.75, 3.05) is 0 Å². The lowest BCUT2D eigenvalue weighted by atomic mass is 10.2. The van der Waals surface area contributed by atoms with Crippen LogP contribution in [0.4, 0.5) is 0 Å². The van der Waals surface area contributed by atoms with Crippen molar-refractivity contribution in [1.82, 2.24) is 15.1 Å². The first-order valence-electron chi connectivity index (χ1n) is 6.98. The second-order valence-electron chi connectivity index (χ2n) is 5.34. The van der Waals surface area contributed by atoms with Crippen LogP contribution in [-0.4, -0.2) is 15.7 Å². The summed E-state index contributed by atoms with van der Waals surface area (Å²) < 4.78 is 7.35. The van der Waals surface area contributed by atoms with Gasteiger partial charge in [-0.25, -0.2) is 0 Å². The van der Waals surface area contributed by atoms with Crippen LogP contribution in [0.25, 0.3) is 11.0 Å². The molecule has 22 heavy (non-hydrogen) atoms. The third-order valence-corrected chi connectivity index (χ3v) is 3.60. The molecule has 0 unspecified atom stereocenters. The van der Waals surface area contributed by atoms with E-state index in [1.165, 1.54) is 0 Å². The average Bonchev–Trinajstić information content (AvgIpc) is 3.04. The molecule has 3 rings (SSSR count). The number of benzene rings is 1. The van der Waals surface area contributed by atoms with Gasteiger partial charge in [0.1, 0.15) is 17.9 Å². The number of fused-ring (bicyclic) bond motifs is 1. The monoisotopic (exact) mass is 317 g/mol. The van der Waals surface area contributed by atoms with Crippen molar-refractivity contribution in [2.45, 2.75) is 26.4 Å². The average molecular weight is 318 g/mol. The molecule has 1 amide bonds. The maximum atomic E-state index is 12.0. The van der Waals surface area contributed by atoms with Crippen LogP contribution in [0.5, 0.6) is 0 Å². The number of amides is 1. The second kappa shape index (κ2) is 5.85. The molecular weight excluding hydrogens is 302 g/mol. The first-order chi connectivity index (χ1) is 10.5. The summed E-state index contributed by atoms with van der Waals surface area (Å²) >= 11 is 5.96. The van der Waals surface area contributed by atoms with E-state index in [0.717, 1.165) is 16.5 Å². The third-order valence-electron chi connectivity index (χ3n) is 3.37. The maximum absolute atomic E-state index is 12.0. The summed E-state index contributed by atoms with van der Waals surface area (Å²) in [4.78, 5) is 12.0. The van der Waals surface area contributed by atoms with Crippen molar-refractivity contribution < 1.29 is 9.21 Å². The Labute approximate surface area is 132 Å². The highest BCUT2D eigenvalue weighted by Gasteiger charge is 2.15. The Bertz CT molecular complexity index is 822. The van der Waals surface area contributed by atoms with Gasteiger partial charge >= 0.3 is 0 Å². The summed E-state index contributed by atoms with van der Waals surface area (Å²) in [5.74, 6) is 0.580. The largest absolute Gasteiger partial charge is 0.459 e. The zero-order chi connectivity index (χ0) is 15.7. The lowest BCUT2D eigenvalue weighted by molar-refractivity contribution is -0.122. The van der Waals surface area contributed by atoms with Gasteiger partial charge in [0.25, 0.3) is 0 Å². The van der Waals surface area contributed by atoms with E-state index in [1.54, 1.807) is 16.9 Å². The molecule has 1 N–H and O–H groups in total. The highest BCUT2D eigenvalue weighted by atomic mass is 35.5. The van der Waals surface area contributed by atoms with Gasteiger partial charge < -0.3 is 9.73 Å². The van der Waals surface area contributed by atoms with E-state index >= 15 is 0 Å². The summed E-state index contributed by atoms with van der Waals surface area (Å²) in [6.45, 7) is 4.00. The first kappa shape index (κ1) is 14.7. The summed E-state index contributed by atoms with van der Waals surface area (Å²) in [5, 5.41) is 8.58. The summed E-state index contributed by atoms with van der Waals surface area (Å²) in [6, 6.07) is 7.10. The number of halogens is 1. The molecule has 0 fully saturated rings. The fourth-order valence-corrected chi connectivity index (χ4v) is 2.49. The predicted molar refractivity (Wildman–Crippen MR) is 84.7 cm³/mol. The molecule has 2 aromatic heterocycles. The Balaban J connectivity index is 1.69. The highest BCUT2D eigenvalue weighted by Crippen LogP contribution is 2.26. The van der Waals surface area contributed by atoms with Gasteiger partial charge in [-0.3, -0.25) is 9.48 Å². The van der Waals surface area contributed by atoms with Crippen molar-refractivity contribution in [3.05, 3.63) is 53.0 Å². The number of aromatic nitrogens is 2. The Kier molecular flexibility index (Phi) is 3.90. The molecule has 1 aromatic carbocycles. The third kappa shape index (κ3) is 3.14. The van der Waals surface area contributed by atoms with Crippen molar-refractivity contribution in [2.24, 2.45) is 0 Å². The van der Waals surface area contributed by atoms with Gasteiger partial charge in [0.15, 0.2) is 0 Å². The molecule has 1 atom stereocenters. The number of rotatable bonds is 4. The SMILES string of the molecule is Cc1cnn(CC(=O)N[C@@H](C)c2cc3cc(Cl)ccc3o2)c1. The smallest absolute Gasteiger partial charge is 0.242 e. The van der Waals surface area contributed by atoms with E-state index in [-0.39, 0.29) is 18.5 Å². The first-order valence-corrected chi connectivity index (χ1v) is 7.36. The molecule has 0 aliphatic heterocycles. The zero-order valence-corrected chi connectivity index (χ0v) is 13.1. The fourth-order valence-electron chi connectivity index (χ4n) is 2.31. The van der Waals surface area contributed by atoms with Crippen LogP contribution in [0.1, 0.15) is 24.3 Å². The number of carbonyl (C=O) groups is 1. The molecule has 0 spiro atoms. The number of nitrogens with one attached hydrogen (secondary N) is 1. The van der Waals surface area contributed by atoms with Crippen LogP contribution < -0.4 is 5.32 Å². The second-order valence-corrected chi connectivity index (χ2v) is 5.77. The molecule has 0 bridgehead atoms. The molecule has 0 aliphatic rings. The lowest BCUT2D eigenvalue weighted by Gasteiger charge is -2.11. The van der Waals surface area contributed by atoms with Gasteiger partial charge in [-0.15, -0.1) is 0 Å². The van der Waals surface area contributed by atoms with Crippen LogP contribution in [0.15, 0.2) is 41.1 Å². The Morgan fingerprint density at radius 3 is 3.00 bits per heavy atom. The van der Waals surface area contributed by atoms with E-state index in [1.807, 2.05) is 38.2 Å². The standard InChI is InChI=1S/C16H16ClN3O2/c1-10-7-18-20(8-10)9-16(21)19-11(2)15-6-12-5-13(17)3-4-14(12)22-15/h3-8,11H,9H2,1-2H3,(H,19,21)/t11-/m0/s1. The van der Waals surface area contributed by atoms with E-state index in [0.29, 0.717) is 10.8 Å². The number of furan rings is 1. The molecule has 0 saturated heterocycles. The highest BCUT2D eigenvalue weighted by molar-refractivity contribution is 6.31. The summed E-state index contributed by atoms with van der Waals surface area (Å²) in [7, 11) is 0. The quantitative estimate of drug-likeness (QED) is 0.801. The molecule has 0 saturated carbocycles. The van der Waals surface area contributed by atoms with Gasteiger partial charge in [0, 0.05) is 16.6 Å². The summed E-state index contributed by atoms with van der Waals surface area (Å²) in [5.41, 5.74) is 1.78. The normalized spacial score (nSPS) is 12.5. The van der Waals surface area contributed by atoms with E-state index in [2.05, 4.69) is 10.4 Å². The molecule has 0 aliphatic carbocycles. The lowest BCUT2D eigenvalue weighted by Crippen LogP contribution is -2.30. The van der Waals surface area contributed by atoms with Crippen molar-refractivity contribution >= 4 is 28.5 Å². The predicted octanol–water partition coefficient (Wildman–Crippen LogP) is 3.47. The number of aryl methyl sites for hydroxylation is 1. The number of carbonyl (C=O) groups excluding carboxylic acids is 1. The Morgan fingerprint density at radius 2 is 2.27 bits per heavy atom. The summed E-state index contributed by atoms with van der Waals surface area (Å²) in [6.07, 6.45) is 3.55.